The molecule has 0 bridgehead atoms. The lowest BCUT2D eigenvalue weighted by Crippen LogP contribution is -2.14. The van der Waals surface area contributed by atoms with Gasteiger partial charge in [-0.2, -0.15) is 0 Å². The summed E-state index contributed by atoms with van der Waals surface area (Å²) >= 11 is 0. The zero-order valence-electron chi connectivity index (χ0n) is 26.4. The van der Waals surface area contributed by atoms with Gasteiger partial charge in [-0.1, -0.05) is 80.1 Å². The van der Waals surface area contributed by atoms with Crippen molar-refractivity contribution in [3.8, 4) is 0 Å². The zero-order valence-corrected chi connectivity index (χ0v) is 26.4. The number of ether oxygens (including phenoxy) is 7. The predicted molar refractivity (Wildman–Crippen MR) is 159 cm³/mol. The average Bonchev–Trinajstić information content (AvgIpc) is 2.95. The highest BCUT2D eigenvalue weighted by molar-refractivity contribution is 5.03. The molecule has 0 saturated carbocycles. The molecule has 0 radical (unpaired) electrons. The van der Waals surface area contributed by atoms with Crippen LogP contribution < -0.4 is 0 Å². The highest BCUT2D eigenvalue weighted by atomic mass is 16.7. The minimum absolute atomic E-state index is 0.112. The summed E-state index contributed by atoms with van der Waals surface area (Å²) in [6, 6.07) is 0. The molecular weight excluding hydrogens is 496 g/mol. The van der Waals surface area contributed by atoms with Gasteiger partial charge in [0.15, 0.2) is 11.5 Å². The molecule has 0 atom stereocenters. The zero-order chi connectivity index (χ0) is 28.8. The summed E-state index contributed by atoms with van der Waals surface area (Å²) in [6.07, 6.45) is 15.0. The Balaban J connectivity index is 4.86. The van der Waals surface area contributed by atoms with Gasteiger partial charge in [-0.15, -0.1) is 0 Å². The third-order valence-electron chi connectivity index (χ3n) is 5.86. The van der Waals surface area contributed by atoms with Crippen molar-refractivity contribution in [3.05, 3.63) is 23.0 Å². The van der Waals surface area contributed by atoms with Crippen molar-refractivity contribution in [2.75, 3.05) is 53.2 Å². The second-order valence-electron chi connectivity index (χ2n) is 9.84. The molecule has 7 nitrogen and oxygen atoms in total. The first-order valence-corrected chi connectivity index (χ1v) is 15.9. The van der Waals surface area contributed by atoms with Gasteiger partial charge in [0.25, 0.3) is 0 Å². The lowest BCUT2D eigenvalue weighted by molar-refractivity contribution is -0.132. The van der Waals surface area contributed by atoms with Crippen LogP contribution >= 0.6 is 0 Å². The maximum absolute atomic E-state index is 6.05. The number of hydrogen-bond acceptors (Lipinski definition) is 7. The Morgan fingerprint density at radius 2 is 0.718 bits per heavy atom. The number of unbranched alkanes of at least 4 members (excludes halogenated alkanes) is 6. The van der Waals surface area contributed by atoms with Gasteiger partial charge in [-0.05, 0) is 38.5 Å². The van der Waals surface area contributed by atoms with Gasteiger partial charge in [-0.3, -0.25) is 0 Å². The second-order valence-corrected chi connectivity index (χ2v) is 9.84. The maximum Gasteiger partial charge on any atom is 0.159 e. The number of allylic oxidation sites excluding steroid dienone is 2. The maximum atomic E-state index is 6.05. The van der Waals surface area contributed by atoms with Crippen LogP contribution in [-0.2, 0) is 33.2 Å². The Labute approximate surface area is 240 Å². The van der Waals surface area contributed by atoms with Crippen LogP contribution in [-0.4, -0.2) is 53.2 Å². The van der Waals surface area contributed by atoms with E-state index < -0.39 is 0 Å². The third kappa shape index (κ3) is 22.0. The molecule has 39 heavy (non-hydrogen) atoms. The molecule has 7 heteroatoms. The summed E-state index contributed by atoms with van der Waals surface area (Å²) in [6.45, 7) is 16.4. The lowest BCUT2D eigenvalue weighted by atomic mass is 10.1. The van der Waals surface area contributed by atoms with Crippen LogP contribution in [0, 0.1) is 0 Å². The second kappa shape index (κ2) is 29.5. The minimum atomic E-state index is 0.112. The normalized spacial score (nSPS) is 12.7. The Morgan fingerprint density at radius 3 is 1.05 bits per heavy atom. The van der Waals surface area contributed by atoms with E-state index in [0.717, 1.165) is 74.4 Å². The van der Waals surface area contributed by atoms with E-state index in [4.69, 9.17) is 33.2 Å². The van der Waals surface area contributed by atoms with Crippen LogP contribution in [0.4, 0.5) is 0 Å². The SMILES string of the molecule is CCCCCCC(OCCC)=C(COCOCOCC(OCCC)=C(CCCCCC)OCCC)OCCC. The van der Waals surface area contributed by atoms with Crippen molar-refractivity contribution in [2.45, 2.75) is 131 Å². The van der Waals surface area contributed by atoms with Crippen molar-refractivity contribution in [2.24, 2.45) is 0 Å². The first kappa shape index (κ1) is 37.6. The fraction of sp³-hybridized carbons (Fsp3) is 0.875. The first-order valence-electron chi connectivity index (χ1n) is 15.9. The van der Waals surface area contributed by atoms with Gasteiger partial charge in [0.1, 0.15) is 38.3 Å². The van der Waals surface area contributed by atoms with E-state index in [0.29, 0.717) is 39.6 Å². The van der Waals surface area contributed by atoms with Crippen LogP contribution in [0.2, 0.25) is 0 Å². The van der Waals surface area contributed by atoms with Crippen molar-refractivity contribution in [1.82, 2.24) is 0 Å². The van der Waals surface area contributed by atoms with Crippen molar-refractivity contribution < 1.29 is 33.2 Å². The summed E-state index contributed by atoms with van der Waals surface area (Å²) in [5, 5.41) is 0. The molecule has 0 fully saturated rings. The first-order chi connectivity index (χ1) is 19.2. The van der Waals surface area contributed by atoms with Crippen LogP contribution in [0.15, 0.2) is 23.0 Å². The van der Waals surface area contributed by atoms with Crippen LogP contribution in [0.1, 0.15) is 131 Å². The average molecular weight is 559 g/mol. The summed E-state index contributed by atoms with van der Waals surface area (Å²) in [5.41, 5.74) is 0. The van der Waals surface area contributed by atoms with Crippen LogP contribution in [0.25, 0.3) is 0 Å². The molecule has 0 spiro atoms. The summed E-state index contributed by atoms with van der Waals surface area (Å²) in [4.78, 5) is 0. The lowest BCUT2D eigenvalue weighted by Gasteiger charge is -2.18. The van der Waals surface area contributed by atoms with E-state index in [1.54, 1.807) is 0 Å². The quantitative estimate of drug-likeness (QED) is 0.0495. The standard InChI is InChI=1S/C32H62O7/c1-7-13-15-17-19-29(36-21-9-3)31(38-23-11-5)25-33-27-35-28-34-26-32(39-24-12-6)30(37-22-10-4)20-18-16-14-8-2/h7-28H2,1-6H3. The molecule has 232 valence electrons. The molecule has 0 aromatic heterocycles. The molecule has 0 aromatic rings. The molecule has 0 aromatic carbocycles. The molecule has 0 saturated heterocycles. The molecular formula is C32H62O7. The molecule has 0 rings (SSSR count). The molecule has 0 aliphatic rings. The van der Waals surface area contributed by atoms with Gasteiger partial charge >= 0.3 is 0 Å². The van der Waals surface area contributed by atoms with E-state index in [9.17, 15) is 0 Å². The van der Waals surface area contributed by atoms with Gasteiger partial charge in [0, 0.05) is 12.8 Å². The molecule has 0 aliphatic heterocycles. The van der Waals surface area contributed by atoms with Gasteiger partial charge in [-0.25, -0.2) is 0 Å². The van der Waals surface area contributed by atoms with E-state index >= 15 is 0 Å². The molecule has 0 heterocycles. The van der Waals surface area contributed by atoms with E-state index in [1.807, 2.05) is 0 Å². The largest absolute Gasteiger partial charge is 0.494 e. The molecule has 0 amide bonds. The highest BCUT2D eigenvalue weighted by Crippen LogP contribution is 2.20. The van der Waals surface area contributed by atoms with Gasteiger partial charge in [0.2, 0.25) is 0 Å². The summed E-state index contributed by atoms with van der Waals surface area (Å²) in [7, 11) is 0. The van der Waals surface area contributed by atoms with E-state index in [-0.39, 0.29) is 13.6 Å². The predicted octanol–water partition coefficient (Wildman–Crippen LogP) is 9.02. The molecule has 0 aliphatic carbocycles. The topological polar surface area (TPSA) is 64.6 Å². The van der Waals surface area contributed by atoms with Crippen LogP contribution in [0.3, 0.4) is 0 Å². The summed E-state index contributed by atoms with van der Waals surface area (Å²) in [5.74, 6) is 3.40. The van der Waals surface area contributed by atoms with E-state index in [2.05, 4.69) is 41.5 Å². The monoisotopic (exact) mass is 558 g/mol. The smallest absolute Gasteiger partial charge is 0.159 e. The molecule has 0 unspecified atom stereocenters. The van der Waals surface area contributed by atoms with Crippen molar-refractivity contribution in [1.29, 1.82) is 0 Å². The fourth-order valence-electron chi connectivity index (χ4n) is 3.74. The summed E-state index contributed by atoms with van der Waals surface area (Å²) < 4.78 is 41.3. The third-order valence-corrected chi connectivity index (χ3v) is 5.86. The fourth-order valence-corrected chi connectivity index (χ4v) is 3.74. The Bertz CT molecular complexity index is 539. The Morgan fingerprint density at radius 1 is 0.359 bits per heavy atom. The van der Waals surface area contributed by atoms with E-state index in [1.165, 1.54) is 38.5 Å². The Kier molecular flexibility index (Phi) is 28.4. The minimum Gasteiger partial charge on any atom is -0.494 e. The highest BCUT2D eigenvalue weighted by Gasteiger charge is 2.13. The van der Waals surface area contributed by atoms with Crippen molar-refractivity contribution >= 4 is 0 Å². The van der Waals surface area contributed by atoms with Crippen LogP contribution in [0.5, 0.6) is 0 Å². The molecule has 0 N–H and O–H groups in total. The van der Waals surface area contributed by atoms with Gasteiger partial charge < -0.3 is 33.2 Å². The van der Waals surface area contributed by atoms with Crippen molar-refractivity contribution in [3.63, 3.8) is 0 Å². The Hall–Kier alpha value is -1.44. The number of hydrogen-bond donors (Lipinski definition) is 0. The van der Waals surface area contributed by atoms with Gasteiger partial charge in [0.05, 0.1) is 26.4 Å². The number of rotatable bonds is 30.